The van der Waals surface area contributed by atoms with Crippen molar-refractivity contribution in [3.63, 3.8) is 0 Å². The maximum absolute atomic E-state index is 13.2. The molecule has 3 aromatic rings. The number of aromatic nitrogens is 3. The van der Waals surface area contributed by atoms with Crippen molar-refractivity contribution in [1.82, 2.24) is 19.7 Å². The molecular weight excluding hydrogens is 368 g/mol. The first-order valence-electron chi connectivity index (χ1n) is 9.63. The van der Waals surface area contributed by atoms with Gasteiger partial charge in [-0.1, -0.05) is 30.3 Å². The summed E-state index contributed by atoms with van der Waals surface area (Å²) in [5.74, 6) is 1.47. The quantitative estimate of drug-likeness (QED) is 0.645. The number of carbonyl (C=O) groups is 1. The average Bonchev–Trinajstić information content (AvgIpc) is 3.30. The second-order valence-electron chi connectivity index (χ2n) is 6.96. The summed E-state index contributed by atoms with van der Waals surface area (Å²) in [6.45, 7) is 1.16. The van der Waals surface area contributed by atoms with E-state index in [9.17, 15) is 4.79 Å². The van der Waals surface area contributed by atoms with Gasteiger partial charge in [0.15, 0.2) is 11.5 Å². The first-order chi connectivity index (χ1) is 14.2. The number of hydrogen-bond acceptors (Lipinski definition) is 5. The van der Waals surface area contributed by atoms with E-state index in [-0.39, 0.29) is 11.9 Å². The van der Waals surface area contributed by atoms with Gasteiger partial charge in [0.05, 0.1) is 26.8 Å². The number of hydrogen-bond donors (Lipinski definition) is 0. The lowest BCUT2D eigenvalue weighted by Gasteiger charge is -2.38. The predicted octanol–water partition coefficient (Wildman–Crippen LogP) is 2.86. The molecule has 150 valence electrons. The Balaban J connectivity index is 1.70. The van der Waals surface area contributed by atoms with Gasteiger partial charge in [0.25, 0.3) is 0 Å². The van der Waals surface area contributed by atoms with Crippen LogP contribution in [0.2, 0.25) is 0 Å². The zero-order valence-corrected chi connectivity index (χ0v) is 16.6. The van der Waals surface area contributed by atoms with Crippen LogP contribution in [0.15, 0.2) is 55.1 Å². The molecule has 1 aliphatic rings. The normalized spacial score (nSPS) is 15.7. The molecule has 1 amide bonds. The number of carbonyl (C=O) groups excluding carboxylic acids is 1. The molecule has 0 aliphatic carbocycles. The van der Waals surface area contributed by atoms with Gasteiger partial charge < -0.3 is 14.4 Å². The fourth-order valence-corrected chi connectivity index (χ4v) is 3.91. The Morgan fingerprint density at radius 1 is 1.14 bits per heavy atom. The Bertz CT molecular complexity index is 973. The maximum atomic E-state index is 13.2. The van der Waals surface area contributed by atoms with Gasteiger partial charge in [0.1, 0.15) is 12.7 Å². The molecule has 0 saturated heterocycles. The second kappa shape index (κ2) is 8.34. The van der Waals surface area contributed by atoms with Crippen molar-refractivity contribution in [2.24, 2.45) is 0 Å². The van der Waals surface area contributed by atoms with E-state index in [1.54, 1.807) is 25.2 Å². The van der Waals surface area contributed by atoms with Gasteiger partial charge in [-0.3, -0.25) is 9.48 Å². The minimum atomic E-state index is -0.164. The van der Waals surface area contributed by atoms with Gasteiger partial charge in [0, 0.05) is 13.0 Å². The molecule has 2 heterocycles. The Kier molecular flexibility index (Phi) is 5.46. The summed E-state index contributed by atoms with van der Waals surface area (Å²) < 4.78 is 12.7. The zero-order valence-electron chi connectivity index (χ0n) is 16.6. The van der Waals surface area contributed by atoms with Gasteiger partial charge in [0.2, 0.25) is 5.91 Å². The highest BCUT2D eigenvalue weighted by Gasteiger charge is 2.33. The number of aryl methyl sites for hydroxylation is 1. The molecule has 7 nitrogen and oxygen atoms in total. The lowest BCUT2D eigenvalue weighted by atomic mass is 9.87. The zero-order chi connectivity index (χ0) is 20.2. The van der Waals surface area contributed by atoms with E-state index in [2.05, 4.69) is 22.2 Å². The summed E-state index contributed by atoms with van der Waals surface area (Å²) in [4.78, 5) is 19.1. The lowest BCUT2D eigenvalue weighted by molar-refractivity contribution is -0.133. The van der Waals surface area contributed by atoms with Crippen molar-refractivity contribution < 1.29 is 14.3 Å². The summed E-state index contributed by atoms with van der Waals surface area (Å²) in [7, 11) is 3.27. The molecule has 0 fully saturated rings. The number of benzene rings is 2. The third-order valence-electron chi connectivity index (χ3n) is 5.33. The predicted molar refractivity (Wildman–Crippen MR) is 108 cm³/mol. The molecule has 1 aliphatic heterocycles. The van der Waals surface area contributed by atoms with Gasteiger partial charge in [-0.2, -0.15) is 5.10 Å². The van der Waals surface area contributed by atoms with E-state index < -0.39 is 0 Å². The molecule has 2 aromatic carbocycles. The molecule has 0 spiro atoms. The first-order valence-corrected chi connectivity index (χ1v) is 9.63. The van der Waals surface area contributed by atoms with Crippen LogP contribution in [0, 0.1) is 0 Å². The van der Waals surface area contributed by atoms with E-state index >= 15 is 0 Å². The standard InChI is InChI=1S/C22H24N4O3/c1-28-19-12-17-8-11-26(21(27)9-10-25-15-23-14-24-25)22(16-6-4-3-5-7-16)18(17)13-20(19)29-2/h3-7,12-15,22H,8-11H2,1-2H3. The van der Waals surface area contributed by atoms with E-state index in [0.29, 0.717) is 31.0 Å². The SMILES string of the molecule is COc1cc2c(cc1OC)C(c1ccccc1)N(C(=O)CCn1cncn1)CC2. The average molecular weight is 392 g/mol. The number of ether oxygens (including phenoxy) is 2. The van der Waals surface area contributed by atoms with Crippen molar-refractivity contribution in [1.29, 1.82) is 0 Å². The molecule has 0 N–H and O–H groups in total. The molecule has 1 atom stereocenters. The third-order valence-corrected chi connectivity index (χ3v) is 5.33. The largest absolute Gasteiger partial charge is 0.493 e. The van der Waals surface area contributed by atoms with Crippen molar-refractivity contribution in [3.05, 3.63) is 71.8 Å². The van der Waals surface area contributed by atoms with Crippen LogP contribution < -0.4 is 9.47 Å². The van der Waals surface area contributed by atoms with Gasteiger partial charge in [-0.25, -0.2) is 4.98 Å². The van der Waals surface area contributed by atoms with Gasteiger partial charge >= 0.3 is 0 Å². The number of fused-ring (bicyclic) bond motifs is 1. The molecule has 29 heavy (non-hydrogen) atoms. The van der Waals surface area contributed by atoms with Crippen molar-refractivity contribution >= 4 is 5.91 Å². The Morgan fingerprint density at radius 3 is 2.59 bits per heavy atom. The van der Waals surface area contributed by atoms with Crippen LogP contribution in [-0.4, -0.2) is 46.3 Å². The number of methoxy groups -OCH3 is 2. The highest BCUT2D eigenvalue weighted by Crippen LogP contribution is 2.41. The maximum Gasteiger partial charge on any atom is 0.225 e. The minimum absolute atomic E-state index is 0.0924. The van der Waals surface area contributed by atoms with Crippen LogP contribution in [-0.2, 0) is 17.8 Å². The summed E-state index contributed by atoms with van der Waals surface area (Å²) in [6.07, 6.45) is 4.25. The highest BCUT2D eigenvalue weighted by molar-refractivity contribution is 5.78. The van der Waals surface area contributed by atoms with Crippen molar-refractivity contribution in [2.45, 2.75) is 25.4 Å². The summed E-state index contributed by atoms with van der Waals surface area (Å²) in [6, 6.07) is 14.0. The topological polar surface area (TPSA) is 69.5 Å². The summed E-state index contributed by atoms with van der Waals surface area (Å²) >= 11 is 0. The molecule has 0 bridgehead atoms. The van der Waals surface area contributed by atoms with Crippen LogP contribution in [0.4, 0.5) is 0 Å². The Labute approximate surface area is 169 Å². The number of rotatable bonds is 6. The van der Waals surface area contributed by atoms with E-state index in [4.69, 9.17) is 9.47 Å². The summed E-state index contributed by atoms with van der Waals surface area (Å²) in [5, 5.41) is 4.09. The van der Waals surface area contributed by atoms with E-state index in [1.807, 2.05) is 35.2 Å². The fraction of sp³-hybridized carbons (Fsp3) is 0.318. The Morgan fingerprint density at radius 2 is 1.90 bits per heavy atom. The molecule has 0 radical (unpaired) electrons. The first kappa shape index (κ1) is 19.0. The minimum Gasteiger partial charge on any atom is -0.493 e. The number of nitrogens with zero attached hydrogens (tertiary/aromatic N) is 4. The lowest BCUT2D eigenvalue weighted by Crippen LogP contribution is -2.41. The molecule has 7 heteroatoms. The van der Waals surface area contributed by atoms with E-state index in [0.717, 1.165) is 17.5 Å². The molecule has 1 unspecified atom stereocenters. The summed E-state index contributed by atoms with van der Waals surface area (Å²) in [5.41, 5.74) is 3.33. The molecular formula is C22H24N4O3. The van der Waals surface area contributed by atoms with E-state index in [1.165, 1.54) is 11.9 Å². The third kappa shape index (κ3) is 3.81. The van der Waals surface area contributed by atoms with Gasteiger partial charge in [-0.15, -0.1) is 0 Å². The van der Waals surface area contributed by atoms with Crippen molar-refractivity contribution in [2.75, 3.05) is 20.8 Å². The molecule has 1 aromatic heterocycles. The van der Waals surface area contributed by atoms with Crippen LogP contribution >= 0.6 is 0 Å². The van der Waals surface area contributed by atoms with Crippen molar-refractivity contribution in [3.8, 4) is 11.5 Å². The monoisotopic (exact) mass is 392 g/mol. The van der Waals surface area contributed by atoms with Crippen LogP contribution in [0.5, 0.6) is 11.5 Å². The molecule has 4 rings (SSSR count). The molecule has 0 saturated carbocycles. The number of amides is 1. The van der Waals surface area contributed by atoms with Gasteiger partial charge in [-0.05, 0) is 35.2 Å². The Hall–Kier alpha value is -3.35. The smallest absolute Gasteiger partial charge is 0.225 e. The fourth-order valence-electron chi connectivity index (χ4n) is 3.91. The highest BCUT2D eigenvalue weighted by atomic mass is 16.5. The van der Waals surface area contributed by atoms with Crippen LogP contribution in [0.3, 0.4) is 0 Å². The van der Waals surface area contributed by atoms with Crippen LogP contribution in [0.1, 0.15) is 29.2 Å². The van der Waals surface area contributed by atoms with Crippen LogP contribution in [0.25, 0.3) is 0 Å². The second-order valence-corrected chi connectivity index (χ2v) is 6.96.